The Labute approximate surface area is 70.0 Å². The van der Waals surface area contributed by atoms with E-state index in [0.717, 1.165) is 38.8 Å². The van der Waals surface area contributed by atoms with E-state index in [1.54, 1.807) is 0 Å². The first-order valence-corrected chi connectivity index (χ1v) is 4.51. The summed E-state index contributed by atoms with van der Waals surface area (Å²) in [7, 11) is 4.11. The molecule has 1 rings (SSSR count). The minimum absolute atomic E-state index is 0.388. The van der Waals surface area contributed by atoms with Crippen LogP contribution in [0.3, 0.4) is 0 Å². The van der Waals surface area contributed by atoms with Crippen molar-refractivity contribution in [3.63, 3.8) is 0 Å². The van der Waals surface area contributed by atoms with E-state index in [1.165, 1.54) is 0 Å². The van der Waals surface area contributed by atoms with Gasteiger partial charge in [-0.15, -0.1) is 0 Å². The first kappa shape index (κ1) is 9.08. The summed E-state index contributed by atoms with van der Waals surface area (Å²) in [5.41, 5.74) is -0.388. The number of hydrogen-bond donors (Lipinski definition) is 1. The van der Waals surface area contributed by atoms with Gasteiger partial charge >= 0.3 is 0 Å². The second kappa shape index (κ2) is 3.59. The van der Waals surface area contributed by atoms with E-state index in [9.17, 15) is 5.11 Å². The fourth-order valence-electron chi connectivity index (χ4n) is 1.70. The van der Waals surface area contributed by atoms with Gasteiger partial charge in [-0.1, -0.05) is 0 Å². The molecule has 0 unspecified atom stereocenters. The summed E-state index contributed by atoms with van der Waals surface area (Å²) in [6, 6.07) is 0. The van der Waals surface area contributed by atoms with E-state index in [-0.39, 0.29) is 5.50 Å². The highest BCUT2D eigenvalue weighted by Gasteiger charge is 2.21. The quantitative estimate of drug-likeness (QED) is 0.490. The summed E-state index contributed by atoms with van der Waals surface area (Å²) in [6.45, 7) is 2.27. The van der Waals surface area contributed by atoms with Crippen molar-refractivity contribution in [3.05, 3.63) is 0 Å². The van der Waals surface area contributed by atoms with Crippen LogP contribution in [0.2, 0.25) is 0 Å². The first-order chi connectivity index (χ1) is 5.10. The molecule has 1 N–H and O–H groups in total. The highest BCUT2D eigenvalue weighted by molar-refractivity contribution is 6.14. The monoisotopic (exact) mass is 155 g/mol. The molecule has 0 aromatic heterocycles. The zero-order valence-corrected chi connectivity index (χ0v) is 7.64. The van der Waals surface area contributed by atoms with Crippen LogP contribution in [0.5, 0.6) is 0 Å². The molecular weight excluding hydrogens is 137 g/mol. The molecule has 0 aliphatic carbocycles. The summed E-state index contributed by atoms with van der Waals surface area (Å²) in [6.07, 6.45) is 4.17. The zero-order chi connectivity index (χ0) is 8.32. The topological polar surface area (TPSA) is 23.5 Å². The molecule has 0 aromatic rings. The largest absolute Gasteiger partial charge is 0.399 e. The summed E-state index contributed by atoms with van der Waals surface area (Å²) >= 11 is 0. The molecule has 0 atom stereocenters. The third-order valence-electron chi connectivity index (χ3n) is 2.51. The molecule has 1 aliphatic rings. The van der Waals surface area contributed by atoms with Crippen LogP contribution < -0.4 is 0 Å². The standard InChI is InChI=1S/C8H18BNO/c1-10-6-2-4-8(9,11)5-3-7-10/h11H,2-7,9H2,1H3. The summed E-state index contributed by atoms with van der Waals surface area (Å²) in [5.74, 6) is 0. The molecule has 64 valence electrons. The van der Waals surface area contributed by atoms with Gasteiger partial charge in [0.15, 0.2) is 0 Å². The second-order valence-electron chi connectivity index (χ2n) is 4.01. The van der Waals surface area contributed by atoms with Crippen molar-refractivity contribution < 1.29 is 5.11 Å². The van der Waals surface area contributed by atoms with Crippen molar-refractivity contribution in [2.45, 2.75) is 31.2 Å². The Morgan fingerprint density at radius 3 is 2.18 bits per heavy atom. The highest BCUT2D eigenvalue weighted by atomic mass is 16.3. The Balaban J connectivity index is 2.35. The number of likely N-dealkylation sites (tertiary alicyclic amines) is 1. The second-order valence-corrected chi connectivity index (χ2v) is 4.01. The molecule has 1 fully saturated rings. The van der Waals surface area contributed by atoms with Crippen LogP contribution in [-0.4, -0.2) is 43.5 Å². The Kier molecular flexibility index (Phi) is 2.96. The molecule has 0 amide bonds. The van der Waals surface area contributed by atoms with Gasteiger partial charge in [0.05, 0.1) is 0 Å². The van der Waals surface area contributed by atoms with Crippen molar-refractivity contribution in [2.75, 3.05) is 20.1 Å². The lowest BCUT2D eigenvalue weighted by atomic mass is 9.74. The molecule has 1 saturated heterocycles. The average Bonchev–Trinajstić information content (AvgIpc) is 1.83. The van der Waals surface area contributed by atoms with Gasteiger partial charge in [-0.2, -0.15) is 0 Å². The Morgan fingerprint density at radius 1 is 1.27 bits per heavy atom. The average molecular weight is 155 g/mol. The normalized spacial score (nSPS) is 27.5. The van der Waals surface area contributed by atoms with Crippen molar-refractivity contribution >= 4 is 7.85 Å². The van der Waals surface area contributed by atoms with Crippen LogP contribution in [0.25, 0.3) is 0 Å². The maximum absolute atomic E-state index is 9.75. The molecule has 2 nitrogen and oxygen atoms in total. The van der Waals surface area contributed by atoms with Gasteiger partial charge in [0, 0.05) is 5.50 Å². The fraction of sp³-hybridized carbons (Fsp3) is 1.00. The summed E-state index contributed by atoms with van der Waals surface area (Å²) < 4.78 is 0. The van der Waals surface area contributed by atoms with Gasteiger partial charge in [0.25, 0.3) is 0 Å². The number of hydrogen-bond acceptors (Lipinski definition) is 2. The SMILES string of the molecule is BC1(O)CCCN(C)CCC1. The van der Waals surface area contributed by atoms with Gasteiger partial charge in [-0.25, -0.2) is 0 Å². The Morgan fingerprint density at radius 2 is 1.73 bits per heavy atom. The van der Waals surface area contributed by atoms with E-state index in [1.807, 2.05) is 7.85 Å². The minimum atomic E-state index is -0.388. The summed E-state index contributed by atoms with van der Waals surface area (Å²) in [4.78, 5) is 2.34. The predicted octanol–water partition coefficient (Wildman–Crippen LogP) is -0.186. The van der Waals surface area contributed by atoms with Crippen molar-refractivity contribution in [1.29, 1.82) is 0 Å². The van der Waals surface area contributed by atoms with Crippen molar-refractivity contribution in [1.82, 2.24) is 4.90 Å². The van der Waals surface area contributed by atoms with Gasteiger partial charge in [-0.3, -0.25) is 0 Å². The number of aliphatic hydroxyl groups is 1. The van der Waals surface area contributed by atoms with E-state index < -0.39 is 0 Å². The minimum Gasteiger partial charge on any atom is -0.399 e. The van der Waals surface area contributed by atoms with E-state index in [0.29, 0.717) is 0 Å². The van der Waals surface area contributed by atoms with Crippen LogP contribution >= 0.6 is 0 Å². The maximum atomic E-state index is 9.75. The predicted molar refractivity (Wildman–Crippen MR) is 49.5 cm³/mol. The lowest BCUT2D eigenvalue weighted by Crippen LogP contribution is -2.35. The van der Waals surface area contributed by atoms with E-state index >= 15 is 0 Å². The number of rotatable bonds is 0. The van der Waals surface area contributed by atoms with E-state index in [2.05, 4.69) is 11.9 Å². The van der Waals surface area contributed by atoms with Crippen LogP contribution in [0.4, 0.5) is 0 Å². The highest BCUT2D eigenvalue weighted by Crippen LogP contribution is 2.18. The fourth-order valence-corrected chi connectivity index (χ4v) is 1.70. The van der Waals surface area contributed by atoms with E-state index in [4.69, 9.17) is 0 Å². The molecule has 11 heavy (non-hydrogen) atoms. The van der Waals surface area contributed by atoms with Crippen LogP contribution in [-0.2, 0) is 0 Å². The van der Waals surface area contributed by atoms with Gasteiger partial charge < -0.3 is 10.0 Å². The molecule has 1 aliphatic heterocycles. The van der Waals surface area contributed by atoms with Gasteiger partial charge in [-0.05, 0) is 45.8 Å². The Hall–Kier alpha value is -0.0151. The molecule has 0 spiro atoms. The first-order valence-electron chi connectivity index (χ1n) is 4.51. The third kappa shape index (κ3) is 3.26. The lowest BCUT2D eigenvalue weighted by molar-refractivity contribution is 0.0861. The van der Waals surface area contributed by atoms with Crippen LogP contribution in [0, 0.1) is 0 Å². The number of nitrogens with zero attached hydrogens (tertiary/aromatic N) is 1. The molecule has 1 heterocycles. The maximum Gasteiger partial charge on any atom is 0.142 e. The molecule has 3 heteroatoms. The smallest absolute Gasteiger partial charge is 0.142 e. The Bertz CT molecular complexity index is 115. The molecule has 0 saturated carbocycles. The summed E-state index contributed by atoms with van der Waals surface area (Å²) in [5, 5.41) is 9.75. The molecular formula is C8H18BNO. The van der Waals surface area contributed by atoms with Crippen molar-refractivity contribution in [2.24, 2.45) is 0 Å². The van der Waals surface area contributed by atoms with Crippen LogP contribution in [0.15, 0.2) is 0 Å². The zero-order valence-electron chi connectivity index (χ0n) is 7.64. The van der Waals surface area contributed by atoms with Gasteiger partial charge in [0.2, 0.25) is 0 Å². The lowest BCUT2D eigenvalue weighted by Gasteiger charge is -2.29. The molecule has 0 radical (unpaired) electrons. The molecule has 0 bridgehead atoms. The molecule has 0 aromatic carbocycles. The van der Waals surface area contributed by atoms with Crippen LogP contribution in [0.1, 0.15) is 25.7 Å². The van der Waals surface area contributed by atoms with Gasteiger partial charge in [0.1, 0.15) is 7.85 Å². The van der Waals surface area contributed by atoms with Crippen molar-refractivity contribution in [3.8, 4) is 0 Å². The third-order valence-corrected chi connectivity index (χ3v) is 2.51.